The fourth-order valence-corrected chi connectivity index (χ4v) is 1.91. The van der Waals surface area contributed by atoms with Gasteiger partial charge in [-0.25, -0.2) is 4.79 Å². The molecule has 0 bridgehead atoms. The lowest BCUT2D eigenvalue weighted by Gasteiger charge is -2.30. The van der Waals surface area contributed by atoms with Crippen LogP contribution in [0.4, 0.5) is 13.2 Å². The fraction of sp³-hybridized carbons (Fsp3) is 0.500. The number of carbonyl (C=O) groups is 1. The summed E-state index contributed by atoms with van der Waals surface area (Å²) in [6.45, 7) is 5.03. The van der Waals surface area contributed by atoms with Crippen LogP contribution in [0.5, 0.6) is 5.75 Å². The fourth-order valence-electron chi connectivity index (χ4n) is 1.91. The van der Waals surface area contributed by atoms with Gasteiger partial charge in [0.1, 0.15) is 5.75 Å². The first-order chi connectivity index (χ1) is 9.35. The highest BCUT2D eigenvalue weighted by Gasteiger charge is 2.62. The minimum atomic E-state index is -5.26. The maximum atomic E-state index is 13.1. The summed E-state index contributed by atoms with van der Waals surface area (Å²) in [4.78, 5) is 11.5. The second kappa shape index (κ2) is 5.22. The van der Waals surface area contributed by atoms with Crippen molar-refractivity contribution in [1.29, 1.82) is 0 Å². The van der Waals surface area contributed by atoms with Crippen LogP contribution in [0.1, 0.15) is 31.9 Å². The molecule has 0 saturated carbocycles. The second-order valence-electron chi connectivity index (χ2n) is 5.68. The van der Waals surface area contributed by atoms with Gasteiger partial charge in [-0.2, -0.15) is 13.2 Å². The van der Waals surface area contributed by atoms with Crippen LogP contribution in [0.25, 0.3) is 0 Å². The number of benzene rings is 1. The van der Waals surface area contributed by atoms with Crippen molar-refractivity contribution in [2.24, 2.45) is 0 Å². The Bertz CT molecular complexity index is 546. The van der Waals surface area contributed by atoms with E-state index >= 15 is 0 Å². The van der Waals surface area contributed by atoms with Gasteiger partial charge >= 0.3 is 12.1 Å². The molecule has 0 radical (unpaired) electrons. The molecule has 0 spiro atoms. The quantitative estimate of drug-likeness (QED) is 0.824. The lowest BCUT2D eigenvalue weighted by atomic mass is 9.82. The van der Waals surface area contributed by atoms with Gasteiger partial charge in [0, 0.05) is 5.56 Å². The average Bonchev–Trinajstić information content (AvgIpc) is 2.34. The van der Waals surface area contributed by atoms with Crippen molar-refractivity contribution in [3.05, 3.63) is 29.3 Å². The number of rotatable bonds is 2. The zero-order valence-corrected chi connectivity index (χ0v) is 12.1. The number of hydrogen-bond acceptors (Lipinski definition) is 4. The molecule has 118 valence electrons. The van der Waals surface area contributed by atoms with Gasteiger partial charge in [0.2, 0.25) is 0 Å². The third-order valence-corrected chi connectivity index (χ3v) is 3.11. The van der Waals surface area contributed by atoms with Crippen LogP contribution in [0.2, 0.25) is 0 Å². The van der Waals surface area contributed by atoms with Crippen LogP contribution in [0.3, 0.4) is 0 Å². The molecule has 21 heavy (non-hydrogen) atoms. The molecule has 4 nitrogen and oxygen atoms in total. The molecule has 1 aromatic carbocycles. The van der Waals surface area contributed by atoms with Gasteiger partial charge in [0.25, 0.3) is 5.60 Å². The second-order valence-corrected chi connectivity index (χ2v) is 5.68. The number of hydrogen-bond donors (Lipinski definition) is 2. The van der Waals surface area contributed by atoms with Gasteiger partial charge in [0.05, 0.1) is 7.11 Å². The molecule has 0 unspecified atom stereocenters. The van der Waals surface area contributed by atoms with Crippen LogP contribution < -0.4 is 0 Å². The molecule has 7 heteroatoms. The molecule has 2 N–H and O–H groups in total. The van der Waals surface area contributed by atoms with E-state index in [1.807, 2.05) is 0 Å². The largest absolute Gasteiger partial charge is 0.508 e. The Hall–Kier alpha value is -1.76. The van der Waals surface area contributed by atoms with Crippen LogP contribution in [-0.2, 0) is 20.5 Å². The van der Waals surface area contributed by atoms with E-state index in [4.69, 9.17) is 0 Å². The summed E-state index contributed by atoms with van der Waals surface area (Å²) in [5.74, 6) is -2.05. The average molecular weight is 306 g/mol. The van der Waals surface area contributed by atoms with E-state index in [2.05, 4.69) is 4.74 Å². The highest BCUT2D eigenvalue weighted by Crippen LogP contribution is 2.42. The normalized spacial score (nSPS) is 15.4. The van der Waals surface area contributed by atoms with Crippen LogP contribution in [0, 0.1) is 0 Å². The van der Waals surface area contributed by atoms with Gasteiger partial charge in [-0.1, -0.05) is 26.8 Å². The summed E-state index contributed by atoms with van der Waals surface area (Å²) in [6.07, 6.45) is -5.26. The number of methoxy groups -OCH3 is 1. The highest BCUT2D eigenvalue weighted by molar-refractivity contribution is 5.82. The zero-order valence-electron chi connectivity index (χ0n) is 12.1. The molecule has 1 atom stereocenters. The summed E-state index contributed by atoms with van der Waals surface area (Å²) in [7, 11) is 0.754. The Balaban J connectivity index is 3.59. The summed E-state index contributed by atoms with van der Waals surface area (Å²) >= 11 is 0. The van der Waals surface area contributed by atoms with E-state index in [0.717, 1.165) is 25.3 Å². The molecule has 0 saturated heterocycles. The van der Waals surface area contributed by atoms with Gasteiger partial charge in [-0.3, -0.25) is 0 Å². The highest BCUT2D eigenvalue weighted by atomic mass is 19.4. The number of phenols is 1. The number of esters is 1. The maximum Gasteiger partial charge on any atom is 0.432 e. The van der Waals surface area contributed by atoms with E-state index < -0.39 is 28.7 Å². The summed E-state index contributed by atoms with van der Waals surface area (Å²) in [6, 6.07) is 2.81. The lowest BCUT2D eigenvalue weighted by Crippen LogP contribution is -2.50. The topological polar surface area (TPSA) is 66.8 Å². The predicted octanol–water partition coefficient (Wildman–Crippen LogP) is 2.61. The van der Waals surface area contributed by atoms with Gasteiger partial charge in [-0.05, 0) is 23.1 Å². The minimum absolute atomic E-state index is 0.173. The molecule has 0 fully saturated rings. The van der Waals surface area contributed by atoms with Crippen LogP contribution in [0.15, 0.2) is 18.2 Å². The molecule has 0 aliphatic heterocycles. The van der Waals surface area contributed by atoms with E-state index in [1.165, 1.54) is 0 Å². The van der Waals surface area contributed by atoms with Gasteiger partial charge in [0.15, 0.2) is 0 Å². The molecule has 0 amide bonds. The smallest absolute Gasteiger partial charge is 0.432 e. The SMILES string of the molecule is COC(=O)[C@](O)(c1ccc(O)c(C(C)(C)C)c1)C(F)(F)F. The van der Waals surface area contributed by atoms with Crippen molar-refractivity contribution in [1.82, 2.24) is 0 Å². The van der Waals surface area contributed by atoms with Crippen molar-refractivity contribution in [2.45, 2.75) is 38.0 Å². The third kappa shape index (κ3) is 2.97. The number of aromatic hydroxyl groups is 1. The third-order valence-electron chi connectivity index (χ3n) is 3.11. The zero-order chi connectivity index (χ0) is 16.6. The van der Waals surface area contributed by atoms with Crippen molar-refractivity contribution in [2.75, 3.05) is 7.11 Å². The Morgan fingerprint density at radius 2 is 1.71 bits per heavy atom. The molecule has 0 heterocycles. The molecule has 0 aliphatic rings. The van der Waals surface area contributed by atoms with Gasteiger partial charge < -0.3 is 14.9 Å². The number of halogens is 3. The van der Waals surface area contributed by atoms with Crippen LogP contribution >= 0.6 is 0 Å². The van der Waals surface area contributed by atoms with E-state index in [9.17, 15) is 28.2 Å². The standard InChI is InChI=1S/C14H17F3O4/c1-12(2,3)9-7-8(5-6-10(9)18)13(20,11(19)21-4)14(15,16)17/h5-7,18,20H,1-4H3/t13-/m1/s1. The Labute approximate surface area is 120 Å². The molecule has 1 rings (SSSR count). The monoisotopic (exact) mass is 306 g/mol. The summed E-state index contributed by atoms with van der Waals surface area (Å²) in [5, 5.41) is 19.6. The Morgan fingerprint density at radius 3 is 2.10 bits per heavy atom. The van der Waals surface area contributed by atoms with Crippen molar-refractivity contribution < 1.29 is 32.9 Å². The van der Waals surface area contributed by atoms with Crippen molar-refractivity contribution >= 4 is 5.97 Å². The van der Waals surface area contributed by atoms with Crippen molar-refractivity contribution in [3.63, 3.8) is 0 Å². The van der Waals surface area contributed by atoms with E-state index in [-0.39, 0.29) is 11.3 Å². The van der Waals surface area contributed by atoms with E-state index in [0.29, 0.717) is 0 Å². The Kier molecular flexibility index (Phi) is 4.29. The molecule has 0 aliphatic carbocycles. The number of ether oxygens (including phenoxy) is 1. The number of carbonyl (C=O) groups excluding carboxylic acids is 1. The Morgan fingerprint density at radius 1 is 1.19 bits per heavy atom. The van der Waals surface area contributed by atoms with Crippen molar-refractivity contribution in [3.8, 4) is 5.75 Å². The molecular formula is C14H17F3O4. The lowest BCUT2D eigenvalue weighted by molar-refractivity contribution is -0.266. The molecule has 0 aromatic heterocycles. The number of aliphatic hydroxyl groups is 1. The number of alkyl halides is 3. The first-order valence-corrected chi connectivity index (χ1v) is 6.07. The van der Waals surface area contributed by atoms with Gasteiger partial charge in [-0.15, -0.1) is 0 Å². The maximum absolute atomic E-state index is 13.1. The molecule has 1 aromatic rings. The summed E-state index contributed by atoms with van der Waals surface area (Å²) in [5.41, 5.74) is -4.99. The first kappa shape index (κ1) is 17.3. The van der Waals surface area contributed by atoms with Crippen LogP contribution in [-0.4, -0.2) is 29.5 Å². The summed E-state index contributed by atoms with van der Waals surface area (Å²) < 4.78 is 43.5. The minimum Gasteiger partial charge on any atom is -0.508 e. The predicted molar refractivity (Wildman–Crippen MR) is 68.8 cm³/mol. The number of phenolic OH excluding ortho intramolecular Hbond substituents is 1. The first-order valence-electron chi connectivity index (χ1n) is 6.07. The van der Waals surface area contributed by atoms with E-state index in [1.54, 1.807) is 20.8 Å². The molecular weight excluding hydrogens is 289 g/mol.